The molecule has 1 aliphatic carbocycles. The van der Waals surface area contributed by atoms with Gasteiger partial charge in [-0.3, -0.25) is 4.79 Å². The summed E-state index contributed by atoms with van der Waals surface area (Å²) in [7, 11) is 1.61. The van der Waals surface area contributed by atoms with Crippen LogP contribution in [0.4, 0.5) is 5.82 Å². The van der Waals surface area contributed by atoms with Crippen LogP contribution in [0.1, 0.15) is 49.2 Å². The van der Waals surface area contributed by atoms with Crippen molar-refractivity contribution < 1.29 is 9.53 Å². The molecule has 3 heterocycles. The number of piperazine rings is 1. The van der Waals surface area contributed by atoms with Gasteiger partial charge in [-0.15, -0.1) is 0 Å². The average molecular weight is 483 g/mol. The molecule has 1 atom stereocenters. The third-order valence-electron chi connectivity index (χ3n) is 7.00. The second kappa shape index (κ2) is 10.0. The van der Waals surface area contributed by atoms with Crippen LogP contribution >= 0.6 is 0 Å². The monoisotopic (exact) mass is 482 g/mol. The maximum Gasteiger partial charge on any atom is 0.225 e. The summed E-state index contributed by atoms with van der Waals surface area (Å²) in [5, 5.41) is 11.1. The van der Waals surface area contributed by atoms with Crippen molar-refractivity contribution in [2.45, 2.75) is 38.1 Å². The number of amides is 1. The van der Waals surface area contributed by atoms with E-state index in [0.717, 1.165) is 40.6 Å². The van der Waals surface area contributed by atoms with Gasteiger partial charge in [0.25, 0.3) is 0 Å². The first kappa shape index (κ1) is 23.9. The fourth-order valence-corrected chi connectivity index (χ4v) is 4.98. The zero-order chi connectivity index (χ0) is 25.2. The predicted molar refractivity (Wildman–Crippen MR) is 139 cm³/mol. The summed E-state index contributed by atoms with van der Waals surface area (Å²) in [5.41, 5.74) is 4.36. The van der Waals surface area contributed by atoms with E-state index in [1.807, 2.05) is 36.2 Å². The van der Waals surface area contributed by atoms with Crippen LogP contribution in [0, 0.1) is 11.3 Å². The van der Waals surface area contributed by atoms with E-state index in [4.69, 9.17) is 9.72 Å². The van der Waals surface area contributed by atoms with Gasteiger partial charge in [-0.2, -0.15) is 5.26 Å². The Kier molecular flexibility index (Phi) is 6.66. The first-order valence-corrected chi connectivity index (χ1v) is 12.4. The van der Waals surface area contributed by atoms with Crippen molar-refractivity contribution in [1.82, 2.24) is 19.9 Å². The average Bonchev–Trinajstić information content (AvgIpc) is 3.75. The lowest BCUT2D eigenvalue weighted by Crippen LogP contribution is -2.54. The van der Waals surface area contributed by atoms with Crippen LogP contribution in [0.25, 0.3) is 28.1 Å². The third kappa shape index (κ3) is 4.54. The number of pyridine rings is 1. The summed E-state index contributed by atoms with van der Waals surface area (Å²) in [4.78, 5) is 30.8. The van der Waals surface area contributed by atoms with Gasteiger partial charge in [0.05, 0.1) is 29.8 Å². The molecule has 3 aromatic rings. The number of ether oxygens (including phenoxy) is 1. The number of benzene rings is 1. The molecule has 1 unspecified atom stereocenters. The lowest BCUT2D eigenvalue weighted by atomic mass is 9.96. The van der Waals surface area contributed by atoms with Crippen LogP contribution in [0.15, 0.2) is 37.0 Å². The topological polar surface area (TPSA) is 95.2 Å². The summed E-state index contributed by atoms with van der Waals surface area (Å²) in [6.45, 7) is 8.12. The van der Waals surface area contributed by atoms with Crippen molar-refractivity contribution >= 4 is 28.7 Å². The Morgan fingerprint density at radius 2 is 2.11 bits per heavy atom. The Morgan fingerprint density at radius 1 is 1.28 bits per heavy atom. The lowest BCUT2D eigenvalue weighted by Gasteiger charge is -2.41. The highest BCUT2D eigenvalue weighted by Crippen LogP contribution is 2.46. The summed E-state index contributed by atoms with van der Waals surface area (Å²) >= 11 is 0. The molecule has 0 N–H and O–H groups in total. The minimum absolute atomic E-state index is 0.0229. The summed E-state index contributed by atoms with van der Waals surface area (Å²) in [5.74, 6) is 1.78. The number of carbonyl (C=O) groups excluding carboxylic acids is 1. The number of carbonyl (C=O) groups is 1. The van der Waals surface area contributed by atoms with Crippen molar-refractivity contribution in [1.29, 1.82) is 5.26 Å². The summed E-state index contributed by atoms with van der Waals surface area (Å²) < 4.78 is 5.07. The molecule has 0 radical (unpaired) electrons. The third-order valence-corrected chi connectivity index (χ3v) is 7.00. The molecule has 1 saturated carbocycles. The maximum atomic E-state index is 12.6. The van der Waals surface area contributed by atoms with Crippen LogP contribution in [-0.2, 0) is 9.53 Å². The second-order valence-corrected chi connectivity index (χ2v) is 9.47. The SMILES string of the molecule is C=Cc1ncc2c(-c3cc(C#N)c(N4CCN(C(=O)CCOC)C(C)C4)nc3C3CC3)cccc2n1. The van der Waals surface area contributed by atoms with Crippen molar-refractivity contribution in [3.63, 3.8) is 0 Å². The largest absolute Gasteiger partial charge is 0.384 e. The van der Waals surface area contributed by atoms with Crippen LogP contribution in [0.2, 0.25) is 0 Å². The molecule has 1 aromatic carbocycles. The van der Waals surface area contributed by atoms with E-state index in [1.165, 1.54) is 0 Å². The minimum Gasteiger partial charge on any atom is -0.384 e. The van der Waals surface area contributed by atoms with Gasteiger partial charge in [-0.05, 0) is 43.5 Å². The molecule has 1 amide bonds. The van der Waals surface area contributed by atoms with Crippen molar-refractivity contribution in [3.8, 4) is 17.2 Å². The van der Waals surface area contributed by atoms with E-state index in [1.54, 1.807) is 13.2 Å². The van der Waals surface area contributed by atoms with E-state index in [0.29, 0.717) is 55.8 Å². The Hall–Kier alpha value is -3.83. The van der Waals surface area contributed by atoms with Crippen LogP contribution in [0.5, 0.6) is 0 Å². The van der Waals surface area contributed by atoms with E-state index < -0.39 is 0 Å². The van der Waals surface area contributed by atoms with E-state index in [-0.39, 0.29) is 11.9 Å². The number of rotatable bonds is 7. The van der Waals surface area contributed by atoms with E-state index in [2.05, 4.69) is 33.6 Å². The van der Waals surface area contributed by atoms with Crippen LogP contribution < -0.4 is 4.90 Å². The molecule has 2 aromatic heterocycles. The number of nitriles is 1. The van der Waals surface area contributed by atoms with Gasteiger partial charge in [0, 0.05) is 55.9 Å². The quantitative estimate of drug-likeness (QED) is 0.499. The molecule has 8 nitrogen and oxygen atoms in total. The molecule has 0 spiro atoms. The first-order valence-electron chi connectivity index (χ1n) is 12.4. The van der Waals surface area contributed by atoms with Gasteiger partial charge >= 0.3 is 0 Å². The Morgan fingerprint density at radius 3 is 2.81 bits per heavy atom. The Balaban J connectivity index is 1.51. The fraction of sp³-hybridized carbons (Fsp3) is 0.393. The van der Waals surface area contributed by atoms with Gasteiger partial charge in [0.1, 0.15) is 11.9 Å². The van der Waals surface area contributed by atoms with Gasteiger partial charge in [0.15, 0.2) is 5.82 Å². The van der Waals surface area contributed by atoms with Crippen molar-refractivity contribution in [2.24, 2.45) is 0 Å². The normalized spacial score (nSPS) is 17.8. The Bertz CT molecular complexity index is 1360. The molecule has 0 bridgehead atoms. The van der Waals surface area contributed by atoms with E-state index in [9.17, 15) is 10.1 Å². The number of methoxy groups -OCH3 is 1. The number of fused-ring (bicyclic) bond motifs is 1. The second-order valence-electron chi connectivity index (χ2n) is 9.47. The highest BCUT2D eigenvalue weighted by molar-refractivity contribution is 5.95. The zero-order valence-corrected chi connectivity index (χ0v) is 20.8. The number of nitrogens with zero attached hydrogens (tertiary/aromatic N) is 6. The zero-order valence-electron chi connectivity index (χ0n) is 20.8. The van der Waals surface area contributed by atoms with Crippen LogP contribution in [0.3, 0.4) is 0 Å². The van der Waals surface area contributed by atoms with Gasteiger partial charge in [0.2, 0.25) is 5.91 Å². The smallest absolute Gasteiger partial charge is 0.225 e. The molecule has 2 aliphatic rings. The number of hydrogen-bond acceptors (Lipinski definition) is 7. The van der Waals surface area contributed by atoms with E-state index >= 15 is 0 Å². The standard InChI is InChI=1S/C28H30N6O2/c1-4-25-30-16-23-21(6-5-7-24(23)31-25)22-14-20(15-29)28(32-27(22)19-8-9-19)33-11-12-34(18(2)17-33)26(35)10-13-36-3/h4-7,14,16,18-19H,1,8-13,17H2,2-3H3. The molecule has 184 valence electrons. The highest BCUT2D eigenvalue weighted by atomic mass is 16.5. The summed E-state index contributed by atoms with van der Waals surface area (Å²) in [6, 6.07) is 10.4. The number of aromatic nitrogens is 3. The van der Waals surface area contributed by atoms with Gasteiger partial charge < -0.3 is 14.5 Å². The number of hydrogen-bond donors (Lipinski definition) is 0. The predicted octanol–water partition coefficient (Wildman–Crippen LogP) is 4.16. The molecule has 8 heteroatoms. The maximum absolute atomic E-state index is 12.6. The molecule has 2 fully saturated rings. The van der Waals surface area contributed by atoms with Crippen molar-refractivity contribution in [2.75, 3.05) is 38.3 Å². The van der Waals surface area contributed by atoms with Crippen molar-refractivity contribution in [3.05, 3.63) is 54.1 Å². The van der Waals surface area contributed by atoms with Gasteiger partial charge in [-0.1, -0.05) is 18.7 Å². The fourth-order valence-electron chi connectivity index (χ4n) is 4.98. The van der Waals surface area contributed by atoms with Crippen LogP contribution in [-0.4, -0.2) is 65.2 Å². The molecular formula is C28H30N6O2. The summed E-state index contributed by atoms with van der Waals surface area (Å²) in [6.07, 6.45) is 6.02. The highest BCUT2D eigenvalue weighted by Gasteiger charge is 2.33. The molecule has 5 rings (SSSR count). The molecule has 1 aliphatic heterocycles. The number of anilines is 1. The molecule has 36 heavy (non-hydrogen) atoms. The lowest BCUT2D eigenvalue weighted by molar-refractivity contribution is -0.134. The molecular weight excluding hydrogens is 452 g/mol. The van der Waals surface area contributed by atoms with Gasteiger partial charge in [-0.25, -0.2) is 15.0 Å². The first-order chi connectivity index (χ1) is 17.5. The molecule has 1 saturated heterocycles. The minimum atomic E-state index is 0.0229. The Labute approximate surface area is 211 Å².